The third kappa shape index (κ3) is 5.78. The molecule has 1 unspecified atom stereocenters. The molecule has 39 heavy (non-hydrogen) atoms. The number of benzene rings is 3. The van der Waals surface area contributed by atoms with Crippen LogP contribution in [-0.2, 0) is 15.3 Å². The van der Waals surface area contributed by atoms with Crippen LogP contribution in [-0.4, -0.2) is 33.6 Å². The largest absolute Gasteiger partial charge is 0.507 e. The number of hydrogen-bond donors (Lipinski definition) is 1. The van der Waals surface area contributed by atoms with Crippen LogP contribution in [0.5, 0.6) is 5.75 Å². The summed E-state index contributed by atoms with van der Waals surface area (Å²) in [6.45, 7) is 4.44. The summed E-state index contributed by atoms with van der Waals surface area (Å²) in [5.41, 5.74) is 3.40. The molecule has 1 aliphatic heterocycles. The van der Waals surface area contributed by atoms with Crippen molar-refractivity contribution >= 4 is 61.6 Å². The monoisotopic (exact) mass is 621 g/mol. The maximum absolute atomic E-state index is 13.4. The number of anilines is 1. The minimum absolute atomic E-state index is 0.00413. The summed E-state index contributed by atoms with van der Waals surface area (Å²) in [6, 6.07) is 21.4. The first-order chi connectivity index (χ1) is 18.9. The van der Waals surface area contributed by atoms with Gasteiger partial charge in [-0.2, -0.15) is 0 Å². The average molecular weight is 623 g/mol. The summed E-state index contributed by atoms with van der Waals surface area (Å²) in [6.07, 6.45) is 0. The van der Waals surface area contributed by atoms with Gasteiger partial charge in [-0.05, 0) is 49.2 Å². The van der Waals surface area contributed by atoms with Crippen molar-refractivity contribution in [1.29, 1.82) is 0 Å². The maximum Gasteiger partial charge on any atom is 0.301 e. The van der Waals surface area contributed by atoms with Gasteiger partial charge < -0.3 is 9.84 Å². The number of thioether (sulfide) groups is 1. The number of aliphatic hydroxyl groups is 1. The smallest absolute Gasteiger partial charge is 0.301 e. The molecule has 2 heterocycles. The standard InChI is InChI=1S/C29H24BrN3O4S2/c1-3-37-22-14-10-19(11-15-22)24-23(25(34)20-8-12-21(30)13-9-20)26(35)27(36)33(24)28-31-32-29(39-28)38-16-18-6-4-17(2)5-7-18/h4-15,24,34H,3,16H2,1-2H3/b25-23-. The minimum atomic E-state index is -0.882. The highest BCUT2D eigenvalue weighted by atomic mass is 79.9. The molecule has 0 radical (unpaired) electrons. The third-order valence-corrected chi connectivity index (χ3v) is 8.81. The number of nitrogens with zero attached hydrogens (tertiary/aromatic N) is 3. The van der Waals surface area contributed by atoms with E-state index in [-0.39, 0.29) is 16.5 Å². The van der Waals surface area contributed by atoms with Crippen LogP contribution in [0.15, 0.2) is 87.2 Å². The van der Waals surface area contributed by atoms with Crippen molar-refractivity contribution in [3.63, 3.8) is 0 Å². The molecule has 7 nitrogen and oxygen atoms in total. The van der Waals surface area contributed by atoms with Crippen molar-refractivity contribution in [2.75, 3.05) is 11.5 Å². The summed E-state index contributed by atoms with van der Waals surface area (Å²) in [5, 5.41) is 20.1. The fraction of sp³-hybridized carbons (Fsp3) is 0.172. The zero-order valence-electron chi connectivity index (χ0n) is 21.1. The van der Waals surface area contributed by atoms with Gasteiger partial charge in [0.05, 0.1) is 18.2 Å². The SMILES string of the molecule is CCOc1ccc(C2/C(=C(/O)c3ccc(Br)cc3)C(=O)C(=O)N2c2nnc(SCc3ccc(C)cc3)s2)cc1. The molecule has 1 fully saturated rings. The Labute approximate surface area is 242 Å². The molecule has 3 aromatic carbocycles. The predicted octanol–water partition coefficient (Wildman–Crippen LogP) is 6.93. The van der Waals surface area contributed by atoms with Crippen LogP contribution in [0.3, 0.4) is 0 Å². The second-order valence-electron chi connectivity index (χ2n) is 8.80. The van der Waals surface area contributed by atoms with E-state index in [0.29, 0.717) is 33.6 Å². The van der Waals surface area contributed by atoms with Gasteiger partial charge in [0.15, 0.2) is 4.34 Å². The molecule has 10 heteroatoms. The van der Waals surface area contributed by atoms with Gasteiger partial charge in [0.2, 0.25) is 5.13 Å². The maximum atomic E-state index is 13.4. The van der Waals surface area contributed by atoms with E-state index in [2.05, 4.69) is 50.4 Å². The summed E-state index contributed by atoms with van der Waals surface area (Å²) in [5.74, 6) is -0.436. The summed E-state index contributed by atoms with van der Waals surface area (Å²) >= 11 is 6.13. The number of aryl methyl sites for hydroxylation is 1. The Bertz CT molecular complexity index is 1530. The van der Waals surface area contributed by atoms with E-state index in [9.17, 15) is 14.7 Å². The van der Waals surface area contributed by atoms with Crippen LogP contribution in [0.4, 0.5) is 5.13 Å². The first-order valence-electron chi connectivity index (χ1n) is 12.2. The summed E-state index contributed by atoms with van der Waals surface area (Å²) in [7, 11) is 0. The lowest BCUT2D eigenvalue weighted by Gasteiger charge is -2.22. The molecule has 1 N–H and O–H groups in total. The molecule has 0 saturated carbocycles. The Kier molecular flexibility index (Phi) is 8.15. The molecule has 0 bridgehead atoms. The lowest BCUT2D eigenvalue weighted by molar-refractivity contribution is -0.132. The van der Waals surface area contributed by atoms with Crippen LogP contribution in [0.2, 0.25) is 0 Å². The van der Waals surface area contributed by atoms with E-state index in [4.69, 9.17) is 4.74 Å². The molecule has 1 saturated heterocycles. The van der Waals surface area contributed by atoms with E-state index < -0.39 is 17.7 Å². The molecule has 0 spiro atoms. The fourth-order valence-electron chi connectivity index (χ4n) is 4.21. The molecule has 0 aliphatic carbocycles. The Morgan fingerprint density at radius 1 is 1.03 bits per heavy atom. The molecular weight excluding hydrogens is 598 g/mol. The van der Waals surface area contributed by atoms with E-state index >= 15 is 0 Å². The van der Waals surface area contributed by atoms with Crippen LogP contribution in [0.1, 0.15) is 35.2 Å². The minimum Gasteiger partial charge on any atom is -0.507 e. The van der Waals surface area contributed by atoms with Crippen molar-refractivity contribution in [2.45, 2.75) is 30.0 Å². The highest BCUT2D eigenvalue weighted by molar-refractivity contribution is 9.10. The number of carbonyl (C=O) groups excluding carboxylic acids is 2. The first-order valence-corrected chi connectivity index (χ1v) is 14.8. The number of rotatable bonds is 8. The third-order valence-electron chi connectivity index (χ3n) is 6.15. The van der Waals surface area contributed by atoms with Gasteiger partial charge in [-0.15, -0.1) is 10.2 Å². The lowest BCUT2D eigenvalue weighted by atomic mass is 9.95. The number of ether oxygens (including phenoxy) is 1. The summed E-state index contributed by atoms with van der Waals surface area (Å²) < 4.78 is 7.07. The Morgan fingerprint density at radius 3 is 2.38 bits per heavy atom. The van der Waals surface area contributed by atoms with Crippen molar-refractivity contribution < 1.29 is 19.4 Å². The molecule has 1 atom stereocenters. The zero-order chi connectivity index (χ0) is 27.5. The van der Waals surface area contributed by atoms with Gasteiger partial charge in [0.1, 0.15) is 11.5 Å². The van der Waals surface area contributed by atoms with Gasteiger partial charge in [-0.3, -0.25) is 14.5 Å². The number of amides is 1. The van der Waals surface area contributed by atoms with Gasteiger partial charge in [0, 0.05) is 15.8 Å². The molecule has 198 valence electrons. The van der Waals surface area contributed by atoms with Crippen LogP contribution in [0, 0.1) is 6.92 Å². The first kappa shape index (κ1) is 27.1. The highest BCUT2D eigenvalue weighted by Crippen LogP contribution is 2.44. The number of hydrogen-bond acceptors (Lipinski definition) is 8. The van der Waals surface area contributed by atoms with Gasteiger partial charge in [-0.25, -0.2) is 0 Å². The van der Waals surface area contributed by atoms with E-state index in [1.165, 1.54) is 33.6 Å². The molecular formula is C29H24BrN3O4S2. The number of aliphatic hydroxyl groups excluding tert-OH is 1. The van der Waals surface area contributed by atoms with Crippen LogP contribution < -0.4 is 9.64 Å². The van der Waals surface area contributed by atoms with Gasteiger partial charge in [0.25, 0.3) is 5.78 Å². The average Bonchev–Trinajstić information content (AvgIpc) is 3.51. The normalized spacial score (nSPS) is 16.6. The topological polar surface area (TPSA) is 92.6 Å². The molecule has 4 aromatic rings. The summed E-state index contributed by atoms with van der Waals surface area (Å²) in [4.78, 5) is 28.1. The van der Waals surface area contributed by atoms with Crippen molar-refractivity contribution in [1.82, 2.24) is 10.2 Å². The van der Waals surface area contributed by atoms with E-state index in [1.54, 1.807) is 48.5 Å². The molecule has 5 rings (SSSR count). The second-order valence-corrected chi connectivity index (χ2v) is 11.9. The number of halogens is 1. The van der Waals surface area contributed by atoms with E-state index in [1.807, 2.05) is 13.8 Å². The molecule has 1 aromatic heterocycles. The Morgan fingerprint density at radius 2 is 1.72 bits per heavy atom. The molecule has 1 aliphatic rings. The number of Topliss-reactive ketones (excluding diaryl/α,β-unsaturated/α-hetero) is 1. The second kappa shape index (κ2) is 11.7. The predicted molar refractivity (Wildman–Crippen MR) is 157 cm³/mol. The van der Waals surface area contributed by atoms with Crippen molar-refractivity contribution in [3.05, 3.63) is 105 Å². The van der Waals surface area contributed by atoms with Crippen LogP contribution >= 0.6 is 39.0 Å². The van der Waals surface area contributed by atoms with Crippen LogP contribution in [0.25, 0.3) is 5.76 Å². The fourth-order valence-corrected chi connectivity index (χ4v) is 6.30. The van der Waals surface area contributed by atoms with Gasteiger partial charge in [-0.1, -0.05) is 93.1 Å². The quantitative estimate of drug-likeness (QED) is 0.0750. The van der Waals surface area contributed by atoms with E-state index in [0.717, 1.165) is 10.0 Å². The van der Waals surface area contributed by atoms with Crippen molar-refractivity contribution in [2.24, 2.45) is 0 Å². The number of aromatic nitrogens is 2. The number of carbonyl (C=O) groups is 2. The Balaban J connectivity index is 1.52. The number of ketones is 1. The van der Waals surface area contributed by atoms with Crippen molar-refractivity contribution in [3.8, 4) is 5.75 Å². The molecule has 1 amide bonds. The van der Waals surface area contributed by atoms with Gasteiger partial charge >= 0.3 is 5.91 Å². The zero-order valence-corrected chi connectivity index (χ0v) is 24.3. The Hall–Kier alpha value is -3.47. The lowest BCUT2D eigenvalue weighted by Crippen LogP contribution is -2.29. The highest BCUT2D eigenvalue weighted by Gasteiger charge is 2.48.